The third kappa shape index (κ3) is 0.830. The Balaban J connectivity index is 2.36. The van der Waals surface area contributed by atoms with Crippen LogP contribution in [-0.4, -0.2) is 10.4 Å². The molecule has 0 bridgehead atoms. The van der Waals surface area contributed by atoms with E-state index >= 15 is 0 Å². The van der Waals surface area contributed by atoms with Gasteiger partial charge in [-0.05, 0) is 24.4 Å². The van der Waals surface area contributed by atoms with Crippen LogP contribution in [0.4, 0.5) is 0 Å². The van der Waals surface area contributed by atoms with Gasteiger partial charge in [0.1, 0.15) is 0 Å². The zero-order valence-corrected chi connectivity index (χ0v) is 8.03. The Morgan fingerprint density at radius 3 is 3.00 bits per heavy atom. The van der Waals surface area contributed by atoms with Crippen LogP contribution >= 0.6 is 0 Å². The van der Waals surface area contributed by atoms with Gasteiger partial charge in [0.15, 0.2) is 5.78 Å². The van der Waals surface area contributed by atoms with E-state index in [2.05, 4.69) is 22.8 Å². The molecule has 1 atom stereocenters. The number of ketones is 1. The highest BCUT2D eigenvalue weighted by Crippen LogP contribution is 2.31. The lowest BCUT2D eigenvalue weighted by molar-refractivity contribution is -0.119. The average Bonchev–Trinajstić information content (AvgIpc) is 2.67. The summed E-state index contributed by atoms with van der Waals surface area (Å²) in [6, 6.07) is 10.3. The van der Waals surface area contributed by atoms with Gasteiger partial charge in [-0.25, -0.2) is 0 Å². The Kier molecular flexibility index (Phi) is 1.38. The van der Waals surface area contributed by atoms with Crippen molar-refractivity contribution in [3.63, 3.8) is 0 Å². The molecule has 2 nitrogen and oxygen atoms in total. The molecular weight excluding hydrogens is 174 g/mol. The second-order valence-corrected chi connectivity index (χ2v) is 3.90. The van der Waals surface area contributed by atoms with Crippen LogP contribution in [0.2, 0.25) is 0 Å². The van der Waals surface area contributed by atoms with Gasteiger partial charge in [0.05, 0.1) is 12.5 Å². The summed E-state index contributed by atoms with van der Waals surface area (Å²) in [7, 11) is 0. The summed E-state index contributed by atoms with van der Waals surface area (Å²) in [4.78, 5) is 11.5. The second kappa shape index (κ2) is 2.47. The van der Waals surface area contributed by atoms with Crippen molar-refractivity contribution in [2.45, 2.75) is 19.4 Å². The largest absolute Gasteiger partial charge is 0.336 e. The maximum absolute atomic E-state index is 11.5. The van der Waals surface area contributed by atoms with Crippen molar-refractivity contribution in [1.29, 1.82) is 0 Å². The van der Waals surface area contributed by atoms with Gasteiger partial charge in [-0.3, -0.25) is 4.79 Å². The number of para-hydroxylation sites is 1. The lowest BCUT2D eigenvalue weighted by Gasteiger charge is -1.97. The van der Waals surface area contributed by atoms with Gasteiger partial charge < -0.3 is 4.57 Å². The van der Waals surface area contributed by atoms with Crippen molar-refractivity contribution in [3.05, 3.63) is 36.0 Å². The van der Waals surface area contributed by atoms with Crippen LogP contribution < -0.4 is 0 Å². The molecule has 0 amide bonds. The molecule has 1 unspecified atom stereocenters. The predicted molar refractivity (Wildman–Crippen MR) is 55.4 cm³/mol. The van der Waals surface area contributed by atoms with Gasteiger partial charge in [0.2, 0.25) is 0 Å². The quantitative estimate of drug-likeness (QED) is 0.617. The van der Waals surface area contributed by atoms with Crippen LogP contribution in [0, 0.1) is 0 Å². The van der Waals surface area contributed by atoms with E-state index in [1.165, 1.54) is 10.9 Å². The molecule has 2 heterocycles. The van der Waals surface area contributed by atoms with E-state index in [0.29, 0.717) is 12.3 Å². The molecule has 0 fully saturated rings. The van der Waals surface area contributed by atoms with Gasteiger partial charge in [-0.1, -0.05) is 18.2 Å². The number of fused-ring (bicyclic) bond motifs is 3. The van der Waals surface area contributed by atoms with Crippen LogP contribution in [0.3, 0.4) is 0 Å². The Labute approximate surface area is 82.1 Å². The van der Waals surface area contributed by atoms with Crippen molar-refractivity contribution in [2.75, 3.05) is 0 Å². The van der Waals surface area contributed by atoms with E-state index in [-0.39, 0.29) is 5.92 Å². The molecule has 3 rings (SSSR count). The molecule has 1 aliphatic heterocycles. The zero-order valence-electron chi connectivity index (χ0n) is 8.03. The van der Waals surface area contributed by atoms with E-state index < -0.39 is 0 Å². The monoisotopic (exact) mass is 185 g/mol. The minimum Gasteiger partial charge on any atom is -0.336 e. The third-order valence-corrected chi connectivity index (χ3v) is 3.08. The van der Waals surface area contributed by atoms with Crippen molar-refractivity contribution < 1.29 is 4.79 Å². The first-order valence-electron chi connectivity index (χ1n) is 4.88. The molecule has 14 heavy (non-hydrogen) atoms. The van der Waals surface area contributed by atoms with Gasteiger partial charge in [0, 0.05) is 11.2 Å². The molecule has 1 aromatic carbocycles. The number of carbonyl (C=O) groups is 1. The Hall–Kier alpha value is -1.57. The average molecular weight is 185 g/mol. The molecule has 1 aromatic heterocycles. The summed E-state index contributed by atoms with van der Waals surface area (Å²) in [6.07, 6.45) is 0. The van der Waals surface area contributed by atoms with E-state index in [9.17, 15) is 4.79 Å². The number of nitrogens with zero attached hydrogens (tertiary/aromatic N) is 1. The van der Waals surface area contributed by atoms with E-state index in [1.807, 2.05) is 19.1 Å². The molecule has 0 saturated heterocycles. The van der Waals surface area contributed by atoms with Crippen LogP contribution in [0.15, 0.2) is 30.3 Å². The van der Waals surface area contributed by atoms with Crippen LogP contribution in [0.25, 0.3) is 10.9 Å². The minimum atomic E-state index is 0.0717. The maximum Gasteiger partial charge on any atom is 0.161 e. The summed E-state index contributed by atoms with van der Waals surface area (Å²) in [6.45, 7) is 2.53. The standard InChI is InChI=1S/C12H11NO/c1-8-11-6-9-4-2-3-5-10(9)13(11)7-12(8)14/h2-6,8H,7H2,1H3. The highest BCUT2D eigenvalue weighted by atomic mass is 16.1. The van der Waals surface area contributed by atoms with Gasteiger partial charge in [-0.2, -0.15) is 0 Å². The highest BCUT2D eigenvalue weighted by molar-refractivity contribution is 5.93. The number of rotatable bonds is 0. The normalized spacial score (nSPS) is 20.4. The molecule has 1 aliphatic rings. The van der Waals surface area contributed by atoms with Crippen molar-refractivity contribution >= 4 is 16.7 Å². The molecule has 2 aromatic rings. The first kappa shape index (κ1) is 7.80. The van der Waals surface area contributed by atoms with Gasteiger partial charge >= 0.3 is 0 Å². The van der Waals surface area contributed by atoms with E-state index in [1.54, 1.807) is 0 Å². The number of carbonyl (C=O) groups excluding carboxylic acids is 1. The van der Waals surface area contributed by atoms with Gasteiger partial charge in [0.25, 0.3) is 0 Å². The summed E-state index contributed by atoms with van der Waals surface area (Å²) in [5.41, 5.74) is 2.34. The first-order valence-corrected chi connectivity index (χ1v) is 4.88. The minimum absolute atomic E-state index is 0.0717. The van der Waals surface area contributed by atoms with Crippen LogP contribution in [0.5, 0.6) is 0 Å². The molecule has 70 valence electrons. The summed E-state index contributed by atoms with van der Waals surface area (Å²) in [5.74, 6) is 0.396. The number of hydrogen-bond acceptors (Lipinski definition) is 1. The summed E-state index contributed by atoms with van der Waals surface area (Å²) in [5, 5.41) is 1.24. The fourth-order valence-corrected chi connectivity index (χ4v) is 2.22. The smallest absolute Gasteiger partial charge is 0.161 e. The molecular formula is C12H11NO. The van der Waals surface area contributed by atoms with E-state index in [0.717, 1.165) is 5.69 Å². The Morgan fingerprint density at radius 1 is 1.36 bits per heavy atom. The first-order chi connectivity index (χ1) is 6.77. The number of aromatic nitrogens is 1. The predicted octanol–water partition coefficient (Wildman–Crippen LogP) is 2.33. The van der Waals surface area contributed by atoms with Crippen LogP contribution in [0.1, 0.15) is 18.5 Å². The summed E-state index contributed by atoms with van der Waals surface area (Å²) >= 11 is 0. The molecule has 0 N–H and O–H groups in total. The Bertz CT molecular complexity index is 524. The molecule has 0 aliphatic carbocycles. The van der Waals surface area contributed by atoms with Crippen LogP contribution in [-0.2, 0) is 11.3 Å². The molecule has 0 saturated carbocycles. The maximum atomic E-state index is 11.5. The van der Waals surface area contributed by atoms with Crippen molar-refractivity contribution in [1.82, 2.24) is 4.57 Å². The van der Waals surface area contributed by atoms with Crippen molar-refractivity contribution in [2.24, 2.45) is 0 Å². The van der Waals surface area contributed by atoms with Gasteiger partial charge in [-0.15, -0.1) is 0 Å². The fraction of sp³-hybridized carbons (Fsp3) is 0.250. The lowest BCUT2D eigenvalue weighted by atomic mass is 10.1. The second-order valence-electron chi connectivity index (χ2n) is 3.90. The lowest BCUT2D eigenvalue weighted by Crippen LogP contribution is -2.02. The SMILES string of the molecule is CC1C(=O)Cn2c1cc1ccccc12. The topological polar surface area (TPSA) is 22.0 Å². The fourth-order valence-electron chi connectivity index (χ4n) is 2.22. The molecule has 0 radical (unpaired) electrons. The number of Topliss-reactive ketones (excluding diaryl/α,β-unsaturated/α-hetero) is 1. The Morgan fingerprint density at radius 2 is 2.14 bits per heavy atom. The summed E-state index contributed by atoms with van der Waals surface area (Å²) < 4.78 is 2.13. The van der Waals surface area contributed by atoms with E-state index in [4.69, 9.17) is 0 Å². The molecule has 2 heteroatoms. The third-order valence-electron chi connectivity index (χ3n) is 3.08. The number of hydrogen-bond donors (Lipinski definition) is 0. The van der Waals surface area contributed by atoms with Crippen molar-refractivity contribution in [3.8, 4) is 0 Å². The number of benzene rings is 1. The highest BCUT2D eigenvalue weighted by Gasteiger charge is 2.28. The zero-order chi connectivity index (χ0) is 9.71. The molecule has 0 spiro atoms.